The van der Waals surface area contributed by atoms with Crippen molar-refractivity contribution in [2.24, 2.45) is 0 Å². The number of thiophene rings is 1. The van der Waals surface area contributed by atoms with E-state index in [4.69, 9.17) is 16.3 Å². The van der Waals surface area contributed by atoms with Gasteiger partial charge in [-0.2, -0.15) is 0 Å². The first-order valence-electron chi connectivity index (χ1n) is 8.36. The molecular formula is C19H18ClN3O3S2. The molecule has 0 radical (unpaired) electrons. The number of benzene rings is 1. The molecule has 3 aromatic rings. The van der Waals surface area contributed by atoms with E-state index in [9.17, 15) is 9.59 Å². The van der Waals surface area contributed by atoms with Crippen molar-refractivity contribution in [1.82, 2.24) is 10.3 Å². The number of hydrogen-bond acceptors (Lipinski definition) is 6. The molecule has 6 nitrogen and oxygen atoms in total. The molecule has 0 aliphatic heterocycles. The van der Waals surface area contributed by atoms with Crippen LogP contribution < -0.4 is 15.4 Å². The van der Waals surface area contributed by atoms with Crippen molar-refractivity contribution in [3.8, 4) is 17.0 Å². The van der Waals surface area contributed by atoms with Crippen LogP contribution in [-0.4, -0.2) is 23.9 Å². The van der Waals surface area contributed by atoms with Gasteiger partial charge in [0.15, 0.2) is 5.13 Å². The van der Waals surface area contributed by atoms with Gasteiger partial charge < -0.3 is 15.4 Å². The Morgan fingerprint density at radius 1 is 1.29 bits per heavy atom. The first-order valence-corrected chi connectivity index (χ1v) is 10.5. The van der Waals surface area contributed by atoms with Gasteiger partial charge >= 0.3 is 0 Å². The van der Waals surface area contributed by atoms with E-state index in [0.717, 1.165) is 10.4 Å². The largest absolute Gasteiger partial charge is 0.495 e. The van der Waals surface area contributed by atoms with Gasteiger partial charge in [0, 0.05) is 22.7 Å². The predicted molar refractivity (Wildman–Crippen MR) is 113 cm³/mol. The molecule has 9 heteroatoms. The van der Waals surface area contributed by atoms with E-state index in [1.807, 2.05) is 29.0 Å². The van der Waals surface area contributed by atoms with Gasteiger partial charge in [0.1, 0.15) is 5.75 Å². The second-order valence-corrected chi connectivity index (χ2v) is 8.15. The van der Waals surface area contributed by atoms with Crippen LogP contribution in [-0.2, 0) is 9.59 Å². The molecule has 146 valence electrons. The maximum absolute atomic E-state index is 12.5. The third kappa shape index (κ3) is 5.09. The molecule has 1 atom stereocenters. The van der Waals surface area contributed by atoms with Crippen LogP contribution in [0.4, 0.5) is 5.13 Å². The summed E-state index contributed by atoms with van der Waals surface area (Å²) in [5.41, 5.74) is 1.54. The Kier molecular flexibility index (Phi) is 6.66. The van der Waals surface area contributed by atoms with Gasteiger partial charge in [-0.1, -0.05) is 17.7 Å². The van der Waals surface area contributed by atoms with Crippen LogP contribution in [0.3, 0.4) is 0 Å². The highest BCUT2D eigenvalue weighted by molar-refractivity contribution is 7.14. The number of amides is 2. The minimum Gasteiger partial charge on any atom is -0.495 e. The van der Waals surface area contributed by atoms with Gasteiger partial charge in [-0.3, -0.25) is 9.59 Å². The summed E-state index contributed by atoms with van der Waals surface area (Å²) in [6.45, 7) is 1.44. The second kappa shape index (κ2) is 9.18. The number of rotatable bonds is 7. The predicted octanol–water partition coefficient (Wildman–Crippen LogP) is 4.74. The van der Waals surface area contributed by atoms with Crippen LogP contribution >= 0.6 is 34.3 Å². The third-order valence-corrected chi connectivity index (χ3v) is 5.89. The lowest BCUT2D eigenvalue weighted by Gasteiger charge is -2.15. The quantitative estimate of drug-likeness (QED) is 0.561. The smallest absolute Gasteiger partial charge is 0.228 e. The van der Waals surface area contributed by atoms with E-state index in [1.165, 1.54) is 29.6 Å². The Bertz CT molecular complexity index is 973. The van der Waals surface area contributed by atoms with Gasteiger partial charge in [0.25, 0.3) is 0 Å². The molecule has 2 aromatic heterocycles. The number of methoxy groups -OCH3 is 1. The standard InChI is InChI=1S/C19H18ClN3O3S2/c1-11(24)21-14(17-4-3-7-27-17)9-18(25)23-19-22-15(10-28-19)12-5-6-16(26-2)13(20)8-12/h3-8,10,14H,9H2,1-2H3,(H,21,24)(H,22,23,25)/t14-/m0/s1. The van der Waals surface area contributed by atoms with E-state index >= 15 is 0 Å². The summed E-state index contributed by atoms with van der Waals surface area (Å²) in [5, 5.41) is 10.3. The highest BCUT2D eigenvalue weighted by Crippen LogP contribution is 2.32. The Morgan fingerprint density at radius 3 is 2.75 bits per heavy atom. The van der Waals surface area contributed by atoms with E-state index in [-0.39, 0.29) is 24.3 Å². The minimum absolute atomic E-state index is 0.128. The highest BCUT2D eigenvalue weighted by Gasteiger charge is 2.19. The lowest BCUT2D eigenvalue weighted by Crippen LogP contribution is -2.29. The zero-order valence-corrected chi connectivity index (χ0v) is 17.6. The lowest BCUT2D eigenvalue weighted by molar-refractivity contribution is -0.120. The molecule has 2 N–H and O–H groups in total. The summed E-state index contributed by atoms with van der Waals surface area (Å²) in [5.74, 6) is 0.187. The molecule has 0 fully saturated rings. The van der Waals surface area contributed by atoms with Gasteiger partial charge in [-0.05, 0) is 29.6 Å². The lowest BCUT2D eigenvalue weighted by atomic mass is 10.1. The first-order chi connectivity index (χ1) is 13.5. The number of thiazole rings is 1. The number of nitrogens with one attached hydrogen (secondary N) is 2. The number of nitrogens with zero attached hydrogens (tertiary/aromatic N) is 1. The van der Waals surface area contributed by atoms with Crippen molar-refractivity contribution in [2.45, 2.75) is 19.4 Å². The molecule has 0 unspecified atom stereocenters. The molecule has 0 aliphatic rings. The molecular weight excluding hydrogens is 418 g/mol. The normalized spacial score (nSPS) is 11.7. The van der Waals surface area contributed by atoms with Crippen molar-refractivity contribution >= 4 is 51.2 Å². The maximum atomic E-state index is 12.5. The van der Waals surface area contributed by atoms with Crippen molar-refractivity contribution in [2.75, 3.05) is 12.4 Å². The highest BCUT2D eigenvalue weighted by atomic mass is 35.5. The Morgan fingerprint density at radius 2 is 2.11 bits per heavy atom. The van der Waals surface area contributed by atoms with Gasteiger partial charge in [-0.15, -0.1) is 22.7 Å². The van der Waals surface area contributed by atoms with Crippen molar-refractivity contribution in [1.29, 1.82) is 0 Å². The van der Waals surface area contributed by atoms with E-state index < -0.39 is 0 Å². The Balaban J connectivity index is 1.68. The first kappa shape index (κ1) is 20.3. The second-order valence-electron chi connectivity index (χ2n) is 5.91. The van der Waals surface area contributed by atoms with Crippen LogP contribution in [0.2, 0.25) is 5.02 Å². The fourth-order valence-electron chi connectivity index (χ4n) is 2.60. The van der Waals surface area contributed by atoms with Gasteiger partial charge in [0.2, 0.25) is 11.8 Å². The Labute approximate surface area is 175 Å². The SMILES string of the molecule is COc1ccc(-c2csc(NC(=O)C[C@H](NC(C)=O)c3cccs3)n2)cc1Cl. The monoisotopic (exact) mass is 435 g/mol. The zero-order chi connectivity index (χ0) is 20.1. The summed E-state index contributed by atoms with van der Waals surface area (Å²) in [6.07, 6.45) is 0.128. The molecule has 0 aliphatic carbocycles. The molecule has 2 amide bonds. The summed E-state index contributed by atoms with van der Waals surface area (Å²) in [6, 6.07) is 8.82. The van der Waals surface area contributed by atoms with Crippen molar-refractivity contribution < 1.29 is 14.3 Å². The van der Waals surface area contributed by atoms with Crippen LogP contribution in [0.1, 0.15) is 24.3 Å². The number of aromatic nitrogens is 1. The van der Waals surface area contributed by atoms with Gasteiger partial charge in [0.05, 0.1) is 30.3 Å². The van der Waals surface area contributed by atoms with Crippen molar-refractivity contribution in [3.63, 3.8) is 0 Å². The average Bonchev–Trinajstić information content (AvgIpc) is 3.32. The zero-order valence-electron chi connectivity index (χ0n) is 15.2. The number of anilines is 1. The molecule has 3 rings (SSSR count). The molecule has 0 saturated carbocycles. The fraction of sp³-hybridized carbons (Fsp3) is 0.211. The third-order valence-electron chi connectivity index (χ3n) is 3.85. The van der Waals surface area contributed by atoms with E-state index in [1.54, 1.807) is 19.2 Å². The average molecular weight is 436 g/mol. The number of carbonyl (C=O) groups excluding carboxylic acids is 2. The minimum atomic E-state index is -0.364. The van der Waals surface area contributed by atoms with Crippen LogP contribution in [0, 0.1) is 0 Å². The molecule has 0 bridgehead atoms. The topological polar surface area (TPSA) is 80.3 Å². The summed E-state index contributed by atoms with van der Waals surface area (Å²) in [7, 11) is 1.56. The van der Waals surface area contributed by atoms with Crippen LogP contribution in [0.15, 0.2) is 41.1 Å². The van der Waals surface area contributed by atoms with Crippen LogP contribution in [0.5, 0.6) is 5.75 Å². The molecule has 2 heterocycles. The van der Waals surface area contributed by atoms with Crippen molar-refractivity contribution in [3.05, 3.63) is 51.0 Å². The summed E-state index contributed by atoms with van der Waals surface area (Å²) in [4.78, 5) is 29.3. The van der Waals surface area contributed by atoms with E-state index in [0.29, 0.717) is 21.6 Å². The molecule has 1 aromatic carbocycles. The fourth-order valence-corrected chi connectivity index (χ4v) is 4.37. The molecule has 0 saturated heterocycles. The number of halogens is 1. The van der Waals surface area contributed by atoms with E-state index in [2.05, 4.69) is 15.6 Å². The maximum Gasteiger partial charge on any atom is 0.228 e. The Hall–Kier alpha value is -2.42. The summed E-state index contributed by atoms with van der Waals surface area (Å²) >= 11 is 8.99. The molecule has 28 heavy (non-hydrogen) atoms. The number of carbonyl (C=O) groups is 2. The molecule has 0 spiro atoms. The van der Waals surface area contributed by atoms with Gasteiger partial charge in [-0.25, -0.2) is 4.98 Å². The number of ether oxygens (including phenoxy) is 1. The van der Waals surface area contributed by atoms with Crippen LogP contribution in [0.25, 0.3) is 11.3 Å². The summed E-state index contributed by atoms with van der Waals surface area (Å²) < 4.78 is 5.15. The number of hydrogen-bond donors (Lipinski definition) is 2.